The quantitative estimate of drug-likeness (QED) is 0.429. The van der Waals surface area contributed by atoms with Crippen molar-refractivity contribution in [2.75, 3.05) is 12.5 Å². The largest absolute Gasteiger partial charge is 0.400 e. The van der Waals surface area contributed by atoms with E-state index in [1.54, 1.807) is 26.0 Å². The van der Waals surface area contributed by atoms with Crippen molar-refractivity contribution in [3.8, 4) is 0 Å². The molecular formula is C12H18N4O2. The summed E-state index contributed by atoms with van der Waals surface area (Å²) in [6.07, 6.45) is 0.678. The maximum Gasteiger partial charge on any atom is 0.170 e. The lowest BCUT2D eigenvalue weighted by molar-refractivity contribution is 0.111. The van der Waals surface area contributed by atoms with E-state index in [4.69, 9.17) is 10.5 Å². The molecule has 0 bridgehead atoms. The number of aliphatic hydroxyl groups is 1. The van der Waals surface area contributed by atoms with Crippen LogP contribution in [-0.4, -0.2) is 34.9 Å². The zero-order valence-electron chi connectivity index (χ0n) is 11.0. The molecule has 0 unspecified atom stereocenters. The number of nitrogens with one attached hydrogen (secondary N) is 2. The van der Waals surface area contributed by atoms with Crippen molar-refractivity contribution in [1.82, 2.24) is 4.98 Å². The Labute approximate surface area is 106 Å². The number of anilines is 1. The van der Waals surface area contributed by atoms with Gasteiger partial charge < -0.3 is 10.5 Å². The second-order valence-corrected chi connectivity index (χ2v) is 3.44. The number of hydrazone groups is 1. The zero-order chi connectivity index (χ0) is 14.1. The number of hydrogen-bond acceptors (Lipinski definition) is 6. The molecule has 0 radical (unpaired) electrons. The molecule has 3 N–H and O–H groups in total. The molecule has 0 aliphatic carbocycles. The Balaban J connectivity index is 0.00000137. The first-order valence-corrected chi connectivity index (χ1v) is 5.28. The Morgan fingerprint density at radius 2 is 2.06 bits per heavy atom. The molecule has 0 spiro atoms. The third kappa shape index (κ3) is 4.84. The molecule has 0 aromatic carbocycles. The number of aromatic nitrogens is 1. The predicted molar refractivity (Wildman–Crippen MR) is 72.6 cm³/mol. The molecule has 0 amide bonds. The van der Waals surface area contributed by atoms with Gasteiger partial charge in [0.15, 0.2) is 6.29 Å². The summed E-state index contributed by atoms with van der Waals surface area (Å²) >= 11 is 0. The van der Waals surface area contributed by atoms with E-state index in [0.717, 1.165) is 12.8 Å². The van der Waals surface area contributed by atoms with Crippen LogP contribution >= 0.6 is 0 Å². The monoisotopic (exact) mass is 250 g/mol. The van der Waals surface area contributed by atoms with Gasteiger partial charge in [-0.05, 0) is 32.9 Å². The number of carbonyl (C=O) groups is 1. The maximum atomic E-state index is 10.8. The molecule has 98 valence electrons. The molecular weight excluding hydrogens is 232 g/mol. The molecule has 0 saturated carbocycles. The van der Waals surface area contributed by atoms with Gasteiger partial charge in [-0.15, -0.1) is 0 Å². The average molecular weight is 250 g/mol. The first-order chi connectivity index (χ1) is 8.54. The fraction of sp³-hybridized carbons (Fsp3) is 0.333. The maximum absolute atomic E-state index is 10.8. The highest BCUT2D eigenvalue weighted by atomic mass is 16.2. The second kappa shape index (κ2) is 8.08. The molecule has 6 nitrogen and oxygen atoms in total. The van der Waals surface area contributed by atoms with Crippen LogP contribution in [0.2, 0.25) is 0 Å². The molecule has 1 heterocycles. The van der Waals surface area contributed by atoms with Crippen LogP contribution in [0.5, 0.6) is 0 Å². The molecule has 6 heteroatoms. The number of hydrogen-bond donors (Lipinski definition) is 3. The van der Waals surface area contributed by atoms with Crippen LogP contribution in [-0.2, 0) is 0 Å². The van der Waals surface area contributed by atoms with E-state index in [0.29, 0.717) is 29.1 Å². The molecule has 18 heavy (non-hydrogen) atoms. The minimum atomic E-state index is 0.319. The minimum absolute atomic E-state index is 0.319. The van der Waals surface area contributed by atoms with E-state index in [1.807, 2.05) is 6.92 Å². The van der Waals surface area contributed by atoms with Crippen molar-refractivity contribution in [2.24, 2.45) is 5.10 Å². The number of pyridine rings is 1. The summed E-state index contributed by atoms with van der Waals surface area (Å²) in [5.74, 6) is 0. The van der Waals surface area contributed by atoms with Crippen molar-refractivity contribution in [3.63, 3.8) is 0 Å². The Morgan fingerprint density at radius 1 is 1.44 bits per heavy atom. The third-order valence-corrected chi connectivity index (χ3v) is 2.06. The van der Waals surface area contributed by atoms with Gasteiger partial charge in [0.05, 0.1) is 17.1 Å². The number of rotatable bonds is 4. The number of carbonyl (C=O) groups excluding carboxylic acids is 1. The van der Waals surface area contributed by atoms with Gasteiger partial charge in [-0.3, -0.25) is 10.2 Å². The molecule has 1 aromatic rings. The first-order valence-electron chi connectivity index (χ1n) is 5.28. The van der Waals surface area contributed by atoms with Gasteiger partial charge >= 0.3 is 0 Å². The highest BCUT2D eigenvalue weighted by molar-refractivity contribution is 6.39. The fourth-order valence-electron chi connectivity index (χ4n) is 0.989. The molecule has 1 rings (SSSR count). The Kier molecular flexibility index (Phi) is 7.14. The number of aliphatic hydroxyl groups excluding tert-OH is 1. The summed E-state index contributed by atoms with van der Waals surface area (Å²) < 4.78 is 0. The Bertz CT molecular complexity index is 455. The van der Waals surface area contributed by atoms with Crippen molar-refractivity contribution in [2.45, 2.75) is 20.8 Å². The fourth-order valence-corrected chi connectivity index (χ4v) is 0.989. The van der Waals surface area contributed by atoms with Gasteiger partial charge in [-0.25, -0.2) is 4.98 Å². The zero-order valence-corrected chi connectivity index (χ0v) is 11.0. The van der Waals surface area contributed by atoms with Crippen molar-refractivity contribution in [3.05, 3.63) is 23.5 Å². The van der Waals surface area contributed by atoms with E-state index in [2.05, 4.69) is 15.5 Å². The van der Waals surface area contributed by atoms with E-state index in [1.165, 1.54) is 0 Å². The molecule has 0 fully saturated rings. The smallest absolute Gasteiger partial charge is 0.170 e. The van der Waals surface area contributed by atoms with Crippen molar-refractivity contribution < 1.29 is 9.90 Å². The Morgan fingerprint density at radius 3 is 2.56 bits per heavy atom. The molecule has 0 atom stereocenters. The van der Waals surface area contributed by atoms with Gasteiger partial charge in [0, 0.05) is 12.8 Å². The minimum Gasteiger partial charge on any atom is -0.400 e. The van der Waals surface area contributed by atoms with Gasteiger partial charge in [0.1, 0.15) is 5.69 Å². The van der Waals surface area contributed by atoms with E-state index in [-0.39, 0.29) is 0 Å². The van der Waals surface area contributed by atoms with Crippen LogP contribution in [0.3, 0.4) is 0 Å². The highest BCUT2D eigenvalue weighted by Gasteiger charge is 2.02. The molecule has 0 saturated heterocycles. The number of nitrogens with zero attached hydrogens (tertiary/aromatic N) is 2. The van der Waals surface area contributed by atoms with E-state index >= 15 is 0 Å². The van der Waals surface area contributed by atoms with Gasteiger partial charge in [0.2, 0.25) is 0 Å². The van der Waals surface area contributed by atoms with Crippen LogP contribution in [0.1, 0.15) is 30.0 Å². The lowest BCUT2D eigenvalue weighted by atomic mass is 10.3. The third-order valence-electron chi connectivity index (χ3n) is 2.06. The standard InChI is InChI=1S/C11H14N4O.CH4O/c1-7-4-5-10(11(6-16)13-7)15-14-9(3)8(2)12;1-2/h4-6,12,15H,1-3H3;2H,1H3/b12-8?,14-9-;. The van der Waals surface area contributed by atoms with Crippen LogP contribution in [0.4, 0.5) is 5.69 Å². The van der Waals surface area contributed by atoms with Gasteiger partial charge in [-0.1, -0.05) is 0 Å². The summed E-state index contributed by atoms with van der Waals surface area (Å²) in [4.78, 5) is 14.8. The Hall–Kier alpha value is -2.08. The molecule has 0 aliphatic heterocycles. The SMILES string of the molecule is CC(=N)/C(C)=N\Nc1ccc(C)nc1C=O.CO. The summed E-state index contributed by atoms with van der Waals surface area (Å²) in [7, 11) is 1.00. The average Bonchev–Trinajstić information content (AvgIpc) is 2.38. The predicted octanol–water partition coefficient (Wildman–Crippen LogP) is 1.64. The van der Waals surface area contributed by atoms with Crippen molar-refractivity contribution >= 4 is 23.4 Å². The van der Waals surface area contributed by atoms with E-state index < -0.39 is 0 Å². The number of aldehydes is 1. The van der Waals surface area contributed by atoms with Crippen LogP contribution < -0.4 is 5.43 Å². The lowest BCUT2D eigenvalue weighted by Gasteiger charge is -2.05. The summed E-state index contributed by atoms with van der Waals surface area (Å²) in [5.41, 5.74) is 5.30. The van der Waals surface area contributed by atoms with Crippen molar-refractivity contribution in [1.29, 1.82) is 5.41 Å². The first kappa shape index (κ1) is 15.9. The lowest BCUT2D eigenvalue weighted by Crippen LogP contribution is -2.07. The second-order valence-electron chi connectivity index (χ2n) is 3.44. The van der Waals surface area contributed by atoms with Crippen LogP contribution in [0, 0.1) is 12.3 Å². The molecule has 0 aliphatic rings. The van der Waals surface area contributed by atoms with Gasteiger partial charge in [0.25, 0.3) is 0 Å². The normalized spacial score (nSPS) is 10.2. The summed E-state index contributed by atoms with van der Waals surface area (Å²) in [6, 6.07) is 3.53. The van der Waals surface area contributed by atoms with E-state index in [9.17, 15) is 4.79 Å². The number of aryl methyl sites for hydroxylation is 1. The summed E-state index contributed by atoms with van der Waals surface area (Å²) in [6.45, 7) is 5.18. The molecule has 1 aromatic heterocycles. The van der Waals surface area contributed by atoms with Gasteiger partial charge in [-0.2, -0.15) is 5.10 Å². The summed E-state index contributed by atoms with van der Waals surface area (Å²) in [5, 5.41) is 18.3. The van der Waals surface area contributed by atoms with Crippen LogP contribution in [0.25, 0.3) is 0 Å². The topological polar surface area (TPSA) is 98.4 Å². The van der Waals surface area contributed by atoms with Crippen LogP contribution in [0.15, 0.2) is 17.2 Å². The highest BCUT2D eigenvalue weighted by Crippen LogP contribution is 2.11.